The van der Waals surface area contributed by atoms with Crippen molar-refractivity contribution in [2.24, 2.45) is 0 Å². The second-order valence-corrected chi connectivity index (χ2v) is 8.87. The first-order valence-corrected chi connectivity index (χ1v) is 11.4. The number of carbonyl (C=O) groups is 2. The summed E-state index contributed by atoms with van der Waals surface area (Å²) in [6, 6.07) is 16.5. The first-order valence-electron chi connectivity index (χ1n) is 11.0. The zero-order valence-corrected chi connectivity index (χ0v) is 19.1. The molecule has 7 heteroatoms. The van der Waals surface area contributed by atoms with Crippen LogP contribution in [0.3, 0.4) is 0 Å². The second-order valence-electron chi connectivity index (χ2n) is 8.43. The highest BCUT2D eigenvalue weighted by Crippen LogP contribution is 2.35. The van der Waals surface area contributed by atoms with E-state index in [1.807, 2.05) is 47.4 Å². The van der Waals surface area contributed by atoms with Crippen LogP contribution in [0.25, 0.3) is 23.0 Å². The van der Waals surface area contributed by atoms with Gasteiger partial charge in [0.15, 0.2) is 0 Å². The summed E-state index contributed by atoms with van der Waals surface area (Å²) in [5, 5.41) is 3.39. The summed E-state index contributed by atoms with van der Waals surface area (Å²) < 4.78 is 6.02. The number of likely N-dealkylation sites (N-methyl/N-ethyl adjacent to an activating group) is 1. The molecule has 2 aromatic carbocycles. The average molecular weight is 461 g/mol. The van der Waals surface area contributed by atoms with Crippen molar-refractivity contribution < 1.29 is 14.0 Å². The van der Waals surface area contributed by atoms with Crippen LogP contribution < -0.4 is 5.32 Å². The van der Waals surface area contributed by atoms with E-state index < -0.39 is 0 Å². The van der Waals surface area contributed by atoms with Crippen LogP contribution in [0.1, 0.15) is 28.1 Å². The molecule has 3 aromatic rings. The van der Waals surface area contributed by atoms with E-state index in [4.69, 9.17) is 16.0 Å². The van der Waals surface area contributed by atoms with Crippen LogP contribution in [0.4, 0.5) is 5.69 Å². The summed E-state index contributed by atoms with van der Waals surface area (Å²) in [7, 11) is 2.08. The molecule has 0 saturated carbocycles. The van der Waals surface area contributed by atoms with Crippen molar-refractivity contribution in [3.8, 4) is 11.3 Å². The molecule has 1 saturated heterocycles. The van der Waals surface area contributed by atoms with E-state index in [0.717, 1.165) is 43.7 Å². The number of nitrogens with one attached hydrogen (secondary N) is 1. The molecule has 0 bridgehead atoms. The number of benzene rings is 2. The van der Waals surface area contributed by atoms with Gasteiger partial charge in [-0.15, -0.1) is 0 Å². The molecule has 0 spiro atoms. The van der Waals surface area contributed by atoms with Crippen molar-refractivity contribution in [1.82, 2.24) is 9.80 Å². The van der Waals surface area contributed by atoms with Crippen molar-refractivity contribution >= 4 is 40.8 Å². The van der Waals surface area contributed by atoms with Gasteiger partial charge in [0, 0.05) is 41.3 Å². The molecule has 0 atom stereocenters. The molecule has 1 aromatic heterocycles. The third-order valence-electron chi connectivity index (χ3n) is 6.08. The van der Waals surface area contributed by atoms with E-state index in [1.54, 1.807) is 18.2 Å². The Bertz CT molecular complexity index is 1260. The predicted octanol–water partition coefficient (Wildman–Crippen LogP) is 4.87. The highest BCUT2D eigenvalue weighted by atomic mass is 35.5. The normalized spacial score (nSPS) is 17.7. The SMILES string of the molecule is [11CH3]N1CCCN(C(=O)c2cccc(-c3ccc(/C=C4/C(=O)Nc5cc(Cl)ccc54)o3)c2)CC1. The van der Waals surface area contributed by atoms with Crippen LogP contribution in [-0.4, -0.2) is 54.8 Å². The van der Waals surface area contributed by atoms with Gasteiger partial charge in [0.25, 0.3) is 11.8 Å². The summed E-state index contributed by atoms with van der Waals surface area (Å²) in [6.07, 6.45) is 2.70. The lowest BCUT2D eigenvalue weighted by Crippen LogP contribution is -2.34. The van der Waals surface area contributed by atoms with Crippen LogP contribution in [0, 0.1) is 0 Å². The summed E-state index contributed by atoms with van der Waals surface area (Å²) in [6.45, 7) is 3.38. The third-order valence-corrected chi connectivity index (χ3v) is 6.31. The van der Waals surface area contributed by atoms with Gasteiger partial charge in [0.2, 0.25) is 0 Å². The monoisotopic (exact) mass is 460 g/mol. The predicted molar refractivity (Wildman–Crippen MR) is 130 cm³/mol. The molecule has 5 rings (SSSR count). The van der Waals surface area contributed by atoms with E-state index in [0.29, 0.717) is 33.4 Å². The number of rotatable bonds is 3. The molecule has 3 heterocycles. The summed E-state index contributed by atoms with van der Waals surface area (Å²) in [4.78, 5) is 29.7. The lowest BCUT2D eigenvalue weighted by molar-refractivity contribution is -0.110. The minimum atomic E-state index is -0.194. The fourth-order valence-electron chi connectivity index (χ4n) is 4.28. The molecule has 1 fully saturated rings. The van der Waals surface area contributed by atoms with Crippen molar-refractivity contribution in [2.45, 2.75) is 6.42 Å². The number of amides is 2. The molecule has 0 radical (unpaired) electrons. The molecule has 168 valence electrons. The van der Waals surface area contributed by atoms with E-state index >= 15 is 0 Å². The maximum absolute atomic E-state index is 13.1. The van der Waals surface area contributed by atoms with Crippen molar-refractivity contribution in [2.75, 3.05) is 38.5 Å². The van der Waals surface area contributed by atoms with Gasteiger partial charge >= 0.3 is 0 Å². The maximum Gasteiger partial charge on any atom is 0.256 e. The Morgan fingerprint density at radius 1 is 1.06 bits per heavy atom. The molecule has 2 amide bonds. The topological polar surface area (TPSA) is 65.8 Å². The standard InChI is InChI=1S/C26H24ClN3O3/c1-29-10-3-11-30(13-12-29)26(32)18-5-2-4-17(14-18)24-9-7-20(33-24)16-22-21-8-6-19(27)15-23(21)28-25(22)31/h2,4-9,14-16H,3,10-13H2,1H3,(H,28,31)/b22-16+/i1-1. The Balaban J connectivity index is 1.38. The van der Waals surface area contributed by atoms with Crippen molar-refractivity contribution in [3.05, 3.63) is 76.5 Å². The minimum Gasteiger partial charge on any atom is -0.457 e. The van der Waals surface area contributed by atoms with Gasteiger partial charge in [-0.1, -0.05) is 29.8 Å². The zero-order chi connectivity index (χ0) is 22.9. The van der Waals surface area contributed by atoms with E-state index in [9.17, 15) is 9.59 Å². The van der Waals surface area contributed by atoms with Crippen LogP contribution in [0.15, 0.2) is 59.0 Å². The number of anilines is 1. The lowest BCUT2D eigenvalue weighted by Gasteiger charge is -2.20. The number of hydrogen-bond donors (Lipinski definition) is 1. The average Bonchev–Trinajstić information content (AvgIpc) is 3.32. The van der Waals surface area contributed by atoms with Gasteiger partial charge in [-0.25, -0.2) is 0 Å². The minimum absolute atomic E-state index is 0.0407. The van der Waals surface area contributed by atoms with Gasteiger partial charge in [0.1, 0.15) is 11.5 Å². The molecule has 2 aliphatic heterocycles. The fourth-order valence-corrected chi connectivity index (χ4v) is 4.45. The highest BCUT2D eigenvalue weighted by Gasteiger charge is 2.25. The molecule has 6 nitrogen and oxygen atoms in total. The largest absolute Gasteiger partial charge is 0.457 e. The Morgan fingerprint density at radius 3 is 2.82 bits per heavy atom. The van der Waals surface area contributed by atoms with Crippen molar-refractivity contribution in [1.29, 1.82) is 0 Å². The number of carbonyl (C=O) groups excluding carboxylic acids is 2. The number of furan rings is 1. The zero-order valence-electron chi connectivity index (χ0n) is 18.3. The van der Waals surface area contributed by atoms with Gasteiger partial charge in [-0.05, 0) is 62.5 Å². The van der Waals surface area contributed by atoms with Gasteiger partial charge < -0.3 is 19.5 Å². The Kier molecular flexibility index (Phi) is 5.79. The first-order chi connectivity index (χ1) is 16.0. The maximum atomic E-state index is 13.1. The number of hydrogen-bond acceptors (Lipinski definition) is 4. The van der Waals surface area contributed by atoms with Crippen molar-refractivity contribution in [3.63, 3.8) is 0 Å². The first kappa shape index (κ1) is 21.5. The highest BCUT2D eigenvalue weighted by molar-refractivity contribution is 6.36. The van der Waals surface area contributed by atoms with E-state index in [-0.39, 0.29) is 11.8 Å². The molecular formula is C26H24ClN3O3. The summed E-state index contributed by atoms with van der Waals surface area (Å²) in [5.41, 5.74) is 3.47. The Labute approximate surface area is 197 Å². The molecule has 2 aliphatic rings. The number of halogens is 1. The molecule has 33 heavy (non-hydrogen) atoms. The number of nitrogens with zero attached hydrogens (tertiary/aromatic N) is 2. The smallest absolute Gasteiger partial charge is 0.256 e. The number of fused-ring (bicyclic) bond motifs is 1. The van der Waals surface area contributed by atoms with Crippen LogP contribution >= 0.6 is 11.6 Å². The Morgan fingerprint density at radius 2 is 1.94 bits per heavy atom. The third kappa shape index (κ3) is 4.45. The Hall–Kier alpha value is -3.35. The quantitative estimate of drug-likeness (QED) is 0.566. The van der Waals surface area contributed by atoms with Gasteiger partial charge in [0.05, 0.1) is 11.3 Å². The van der Waals surface area contributed by atoms with Crippen LogP contribution in [0.2, 0.25) is 5.02 Å². The van der Waals surface area contributed by atoms with E-state index in [1.165, 1.54) is 0 Å². The van der Waals surface area contributed by atoms with Gasteiger partial charge in [-0.2, -0.15) is 0 Å². The molecule has 1 N–H and O–H groups in total. The molecule has 0 unspecified atom stereocenters. The van der Waals surface area contributed by atoms with Crippen LogP contribution in [0.5, 0.6) is 0 Å². The molecular weight excluding hydrogens is 437 g/mol. The fraction of sp³-hybridized carbons (Fsp3) is 0.231. The summed E-state index contributed by atoms with van der Waals surface area (Å²) in [5.74, 6) is 1.05. The van der Waals surface area contributed by atoms with Gasteiger partial charge in [-0.3, -0.25) is 9.59 Å². The summed E-state index contributed by atoms with van der Waals surface area (Å²) >= 11 is 6.03. The second kappa shape index (κ2) is 8.89. The molecule has 0 aliphatic carbocycles. The van der Waals surface area contributed by atoms with Crippen LogP contribution in [-0.2, 0) is 4.79 Å². The lowest BCUT2D eigenvalue weighted by atomic mass is 10.1. The van der Waals surface area contributed by atoms with E-state index in [2.05, 4.69) is 17.3 Å².